The number of benzene rings is 1. The van der Waals surface area contributed by atoms with E-state index in [2.05, 4.69) is 5.32 Å². The summed E-state index contributed by atoms with van der Waals surface area (Å²) in [6, 6.07) is 4.44. The number of ether oxygens (including phenoxy) is 1. The van der Waals surface area contributed by atoms with Crippen LogP contribution >= 0.6 is 0 Å². The Bertz CT molecular complexity index is 473. The molecule has 18 heavy (non-hydrogen) atoms. The molecule has 1 aliphatic carbocycles. The highest BCUT2D eigenvalue weighted by molar-refractivity contribution is 5.80. The minimum atomic E-state index is -1.27. The van der Waals surface area contributed by atoms with Crippen LogP contribution in [0.4, 0.5) is 4.39 Å². The Morgan fingerprint density at radius 3 is 2.67 bits per heavy atom. The Labute approximate surface area is 105 Å². The molecule has 1 aromatic carbocycles. The molecule has 1 atom stereocenters. The van der Waals surface area contributed by atoms with Gasteiger partial charge in [-0.15, -0.1) is 0 Å². The van der Waals surface area contributed by atoms with Crippen LogP contribution in [0.15, 0.2) is 18.2 Å². The molecule has 0 saturated heterocycles. The number of carboxylic acids is 1. The van der Waals surface area contributed by atoms with E-state index in [1.165, 1.54) is 19.2 Å². The maximum absolute atomic E-state index is 13.7. The zero-order chi connectivity index (χ0) is 13.3. The summed E-state index contributed by atoms with van der Waals surface area (Å²) in [4.78, 5) is 11.4. The first kappa shape index (κ1) is 12.8. The first-order valence-corrected chi connectivity index (χ1v) is 5.82. The van der Waals surface area contributed by atoms with Gasteiger partial charge in [-0.05, 0) is 37.5 Å². The van der Waals surface area contributed by atoms with Gasteiger partial charge in [0.1, 0.15) is 5.54 Å². The van der Waals surface area contributed by atoms with Gasteiger partial charge in [0.15, 0.2) is 11.6 Å². The van der Waals surface area contributed by atoms with Crippen molar-refractivity contribution in [2.45, 2.75) is 31.3 Å². The van der Waals surface area contributed by atoms with Gasteiger partial charge in [0.05, 0.1) is 7.11 Å². The molecule has 1 aliphatic rings. The quantitative estimate of drug-likeness (QED) is 0.841. The van der Waals surface area contributed by atoms with Crippen LogP contribution in [-0.2, 0) is 10.3 Å². The van der Waals surface area contributed by atoms with Gasteiger partial charge in [0.25, 0.3) is 0 Å². The normalized spacial score (nSPS) is 18.2. The van der Waals surface area contributed by atoms with E-state index in [0.29, 0.717) is 5.56 Å². The minimum Gasteiger partial charge on any atom is -0.494 e. The summed E-state index contributed by atoms with van der Waals surface area (Å²) >= 11 is 0. The highest BCUT2D eigenvalue weighted by Crippen LogP contribution is 2.30. The number of aliphatic carboxylic acids is 1. The van der Waals surface area contributed by atoms with Crippen molar-refractivity contribution in [1.29, 1.82) is 0 Å². The number of halogens is 1. The standard InChI is InChI=1S/C13H16FNO3/c1-13(12(16)17,15-9-4-5-9)8-3-6-11(18-2)10(14)7-8/h3,6-7,9,15H,4-5H2,1-2H3,(H,16,17). The van der Waals surface area contributed by atoms with Gasteiger partial charge < -0.3 is 9.84 Å². The molecule has 98 valence electrons. The van der Waals surface area contributed by atoms with Crippen LogP contribution in [0.25, 0.3) is 0 Å². The summed E-state index contributed by atoms with van der Waals surface area (Å²) in [6.07, 6.45) is 1.92. The molecule has 0 aliphatic heterocycles. The topological polar surface area (TPSA) is 58.6 Å². The van der Waals surface area contributed by atoms with E-state index in [1.807, 2.05) is 0 Å². The molecular weight excluding hydrogens is 237 g/mol. The summed E-state index contributed by atoms with van der Waals surface area (Å²) < 4.78 is 18.5. The fourth-order valence-corrected chi connectivity index (χ4v) is 1.88. The van der Waals surface area contributed by atoms with Crippen LogP contribution in [-0.4, -0.2) is 24.2 Å². The molecule has 1 aromatic rings. The number of carbonyl (C=O) groups is 1. The highest BCUT2D eigenvalue weighted by atomic mass is 19.1. The zero-order valence-corrected chi connectivity index (χ0v) is 10.4. The number of nitrogens with one attached hydrogen (secondary N) is 1. The van der Waals surface area contributed by atoms with Gasteiger partial charge in [-0.1, -0.05) is 6.07 Å². The average molecular weight is 253 g/mol. The van der Waals surface area contributed by atoms with Gasteiger partial charge in [0, 0.05) is 6.04 Å². The minimum absolute atomic E-state index is 0.109. The molecule has 0 bridgehead atoms. The van der Waals surface area contributed by atoms with E-state index < -0.39 is 17.3 Å². The summed E-state index contributed by atoms with van der Waals surface area (Å²) in [5, 5.41) is 12.4. The van der Waals surface area contributed by atoms with Crippen LogP contribution in [0.5, 0.6) is 5.75 Å². The van der Waals surface area contributed by atoms with Gasteiger partial charge in [-0.3, -0.25) is 5.32 Å². The molecule has 5 heteroatoms. The van der Waals surface area contributed by atoms with Crippen molar-refractivity contribution in [1.82, 2.24) is 5.32 Å². The number of methoxy groups -OCH3 is 1. The summed E-state index contributed by atoms with van der Waals surface area (Å²) in [7, 11) is 1.37. The predicted molar refractivity (Wildman–Crippen MR) is 64.1 cm³/mol. The third-order valence-electron chi connectivity index (χ3n) is 3.23. The van der Waals surface area contributed by atoms with E-state index in [1.54, 1.807) is 13.0 Å². The summed E-state index contributed by atoms with van der Waals surface area (Å²) in [6.45, 7) is 1.55. The largest absolute Gasteiger partial charge is 0.494 e. The third kappa shape index (κ3) is 2.31. The van der Waals surface area contributed by atoms with Crippen molar-refractivity contribution in [3.8, 4) is 5.75 Å². The Morgan fingerprint density at radius 2 is 2.22 bits per heavy atom. The van der Waals surface area contributed by atoms with Crippen molar-refractivity contribution < 1.29 is 19.0 Å². The molecule has 1 saturated carbocycles. The van der Waals surface area contributed by atoms with Crippen molar-refractivity contribution in [3.05, 3.63) is 29.6 Å². The predicted octanol–water partition coefficient (Wildman–Crippen LogP) is 1.89. The van der Waals surface area contributed by atoms with Crippen LogP contribution in [0.3, 0.4) is 0 Å². The Balaban J connectivity index is 2.35. The van der Waals surface area contributed by atoms with Crippen LogP contribution in [0, 0.1) is 5.82 Å². The molecule has 4 nitrogen and oxygen atoms in total. The second-order valence-corrected chi connectivity index (χ2v) is 4.70. The molecule has 0 aromatic heterocycles. The smallest absolute Gasteiger partial charge is 0.328 e. The third-order valence-corrected chi connectivity index (χ3v) is 3.23. The highest BCUT2D eigenvalue weighted by Gasteiger charge is 2.40. The number of carboxylic acid groups (broad SMARTS) is 1. The number of hydrogen-bond acceptors (Lipinski definition) is 3. The SMILES string of the molecule is COc1ccc(C(C)(NC2CC2)C(=O)O)cc1F. The van der Waals surface area contributed by atoms with Crippen LogP contribution in [0.2, 0.25) is 0 Å². The lowest BCUT2D eigenvalue weighted by molar-refractivity contribution is -0.144. The lowest BCUT2D eigenvalue weighted by atomic mass is 9.91. The van der Waals surface area contributed by atoms with E-state index in [-0.39, 0.29) is 11.8 Å². The lowest BCUT2D eigenvalue weighted by Crippen LogP contribution is -2.47. The van der Waals surface area contributed by atoms with Gasteiger partial charge in [0.2, 0.25) is 0 Å². The second kappa shape index (κ2) is 4.57. The van der Waals surface area contributed by atoms with Gasteiger partial charge in [-0.25, -0.2) is 9.18 Å². The summed E-state index contributed by atoms with van der Waals surface area (Å²) in [5.41, 5.74) is -0.880. The first-order chi connectivity index (χ1) is 8.47. The Hall–Kier alpha value is -1.62. The number of rotatable bonds is 5. The molecule has 2 N–H and O–H groups in total. The fraction of sp³-hybridized carbons (Fsp3) is 0.462. The molecule has 2 rings (SSSR count). The number of hydrogen-bond donors (Lipinski definition) is 2. The van der Waals surface area contributed by atoms with E-state index in [4.69, 9.17) is 4.74 Å². The van der Waals surface area contributed by atoms with E-state index >= 15 is 0 Å². The fourth-order valence-electron chi connectivity index (χ4n) is 1.88. The van der Waals surface area contributed by atoms with E-state index in [0.717, 1.165) is 12.8 Å². The van der Waals surface area contributed by atoms with Crippen LogP contribution < -0.4 is 10.1 Å². The van der Waals surface area contributed by atoms with Crippen molar-refractivity contribution in [2.24, 2.45) is 0 Å². The Kier molecular flexibility index (Phi) is 3.26. The lowest BCUT2D eigenvalue weighted by Gasteiger charge is -2.27. The van der Waals surface area contributed by atoms with Crippen LogP contribution in [0.1, 0.15) is 25.3 Å². The maximum Gasteiger partial charge on any atom is 0.328 e. The molecule has 0 radical (unpaired) electrons. The Morgan fingerprint density at radius 1 is 1.56 bits per heavy atom. The van der Waals surface area contributed by atoms with Crippen molar-refractivity contribution in [2.75, 3.05) is 7.11 Å². The monoisotopic (exact) mass is 253 g/mol. The van der Waals surface area contributed by atoms with Gasteiger partial charge in [-0.2, -0.15) is 0 Å². The maximum atomic E-state index is 13.7. The average Bonchev–Trinajstić information content (AvgIpc) is 3.12. The second-order valence-electron chi connectivity index (χ2n) is 4.70. The molecule has 1 unspecified atom stereocenters. The molecule has 0 heterocycles. The van der Waals surface area contributed by atoms with Crippen molar-refractivity contribution >= 4 is 5.97 Å². The molecular formula is C13H16FNO3. The molecule has 0 amide bonds. The van der Waals surface area contributed by atoms with Crippen molar-refractivity contribution in [3.63, 3.8) is 0 Å². The first-order valence-electron chi connectivity index (χ1n) is 5.82. The molecule has 0 spiro atoms. The summed E-state index contributed by atoms with van der Waals surface area (Å²) in [5.74, 6) is -1.46. The zero-order valence-electron chi connectivity index (χ0n) is 10.4. The van der Waals surface area contributed by atoms with Gasteiger partial charge >= 0.3 is 5.97 Å². The molecule has 1 fully saturated rings. The van der Waals surface area contributed by atoms with E-state index in [9.17, 15) is 14.3 Å².